The molecule has 0 N–H and O–H groups in total. The lowest BCUT2D eigenvalue weighted by molar-refractivity contribution is 1.47. The van der Waals surface area contributed by atoms with Gasteiger partial charge in [-0.3, -0.25) is 0 Å². The molecule has 0 heterocycles. The number of hydrogen-bond acceptors (Lipinski definition) is 1. The Balaban J connectivity index is 1.30. The summed E-state index contributed by atoms with van der Waals surface area (Å²) in [6.45, 7) is 4.51. The van der Waals surface area contributed by atoms with Crippen LogP contribution in [0.2, 0.25) is 0 Å². The number of nitriles is 1. The molecule has 256 valence electrons. The first kappa shape index (κ1) is 30.1. The van der Waals surface area contributed by atoms with Crippen molar-refractivity contribution in [1.82, 2.24) is 0 Å². The minimum atomic E-state index is 0.721. The predicted molar refractivity (Wildman–Crippen MR) is 238 cm³/mol. The third-order valence-electron chi connectivity index (χ3n) is 13.2. The van der Waals surface area contributed by atoms with Crippen LogP contribution in [0.15, 0.2) is 152 Å². The minimum Gasteiger partial charge on any atom is -0.192 e. The van der Waals surface area contributed by atoms with Crippen LogP contribution < -0.4 is 0 Å². The number of nitrogens with zero attached hydrogens (tertiary/aromatic N) is 1. The van der Waals surface area contributed by atoms with Crippen molar-refractivity contribution in [3.8, 4) is 50.6 Å². The van der Waals surface area contributed by atoms with Gasteiger partial charge in [-0.25, -0.2) is 0 Å². The normalized spacial score (nSPS) is 12.4. The van der Waals surface area contributed by atoms with E-state index in [0.717, 1.165) is 10.9 Å². The number of benzene rings is 10. The van der Waals surface area contributed by atoms with Crippen molar-refractivity contribution in [2.75, 3.05) is 0 Å². The molecule has 12 aromatic carbocycles. The average Bonchev–Trinajstić information content (AvgIpc) is 3.85. The molecule has 0 spiro atoms. The van der Waals surface area contributed by atoms with Crippen LogP contribution >= 0.6 is 0 Å². The summed E-state index contributed by atoms with van der Waals surface area (Å²) in [4.78, 5) is 0. The van der Waals surface area contributed by atoms with Crippen molar-refractivity contribution >= 4 is 86.2 Å². The van der Waals surface area contributed by atoms with Gasteiger partial charge in [0.2, 0.25) is 0 Å². The molecule has 56 heavy (non-hydrogen) atoms. The predicted octanol–water partition coefficient (Wildman–Crippen LogP) is 15.3. The Morgan fingerprint density at radius 2 is 0.821 bits per heavy atom. The standard InChI is InChI=1S/C55H31N/c1-29-10-3-7-14-34(29)50-47-26-45-37-17-9-16-36-33(28-56)18-19-38(49(36)37)46(45)27-48(47)51(35-15-8-4-11-30(35)2)55-42-23-21-40-44-25-32-13-6-5-12-31(32)24-43(44)39-20-22-41(54(50)55)53(42)52(39)40/h3-27H,1-2H3. The van der Waals surface area contributed by atoms with E-state index in [-0.39, 0.29) is 0 Å². The van der Waals surface area contributed by atoms with Gasteiger partial charge < -0.3 is 0 Å². The van der Waals surface area contributed by atoms with E-state index >= 15 is 0 Å². The first-order valence-corrected chi connectivity index (χ1v) is 19.5. The fraction of sp³-hybridized carbons (Fsp3) is 0.0364. The van der Waals surface area contributed by atoms with Gasteiger partial charge in [-0.05, 0) is 181 Å². The maximum atomic E-state index is 10.1. The molecule has 1 heteroatoms. The Morgan fingerprint density at radius 3 is 1.38 bits per heavy atom. The van der Waals surface area contributed by atoms with Crippen LogP contribution in [0.25, 0.3) is 131 Å². The van der Waals surface area contributed by atoms with E-state index in [1.165, 1.54) is 136 Å². The van der Waals surface area contributed by atoms with E-state index in [9.17, 15) is 5.26 Å². The Hall–Kier alpha value is -7.27. The first-order valence-electron chi connectivity index (χ1n) is 19.5. The second-order valence-electron chi connectivity index (χ2n) is 15.9. The summed E-state index contributed by atoms with van der Waals surface area (Å²) in [5.74, 6) is 0. The van der Waals surface area contributed by atoms with Gasteiger partial charge in [0.1, 0.15) is 0 Å². The van der Waals surface area contributed by atoms with Gasteiger partial charge >= 0.3 is 0 Å². The van der Waals surface area contributed by atoms with Crippen molar-refractivity contribution in [3.63, 3.8) is 0 Å². The molecule has 0 atom stereocenters. The SMILES string of the molecule is Cc1ccccc1-c1c2cc3c(cc2c(-c2ccccc2C)c2c4ccc5c6c(ccc(c12)c64)-c1cc2ccccc2cc1-5)c1ccc(C#N)c2cccc3c21. The zero-order valence-electron chi connectivity index (χ0n) is 30.9. The second-order valence-corrected chi connectivity index (χ2v) is 15.9. The molecule has 0 bridgehead atoms. The number of rotatable bonds is 2. The molecular formula is C55H31N. The highest BCUT2D eigenvalue weighted by atomic mass is 14.3. The van der Waals surface area contributed by atoms with Crippen LogP contribution in [0, 0.1) is 25.2 Å². The molecule has 1 aliphatic rings. The average molecular weight is 706 g/mol. The lowest BCUT2D eigenvalue weighted by Gasteiger charge is -2.19. The smallest absolute Gasteiger partial charge is 0.0998 e. The van der Waals surface area contributed by atoms with Crippen LogP contribution in [0.1, 0.15) is 16.7 Å². The quantitative estimate of drug-likeness (QED) is 0.176. The second kappa shape index (κ2) is 10.5. The lowest BCUT2D eigenvalue weighted by Crippen LogP contribution is -1.92. The molecule has 13 rings (SSSR count). The van der Waals surface area contributed by atoms with Crippen LogP contribution in [-0.2, 0) is 0 Å². The zero-order valence-corrected chi connectivity index (χ0v) is 30.9. The molecule has 0 saturated carbocycles. The molecule has 0 aromatic heterocycles. The van der Waals surface area contributed by atoms with Crippen molar-refractivity contribution < 1.29 is 0 Å². The summed E-state index contributed by atoms with van der Waals surface area (Å²) in [6.07, 6.45) is 0. The van der Waals surface area contributed by atoms with Gasteiger partial charge in [0.15, 0.2) is 0 Å². The van der Waals surface area contributed by atoms with E-state index in [1.54, 1.807) is 0 Å². The molecular weight excluding hydrogens is 675 g/mol. The van der Waals surface area contributed by atoms with Crippen LogP contribution in [0.3, 0.4) is 0 Å². The first-order chi connectivity index (χ1) is 27.6. The zero-order chi connectivity index (χ0) is 37.0. The fourth-order valence-corrected chi connectivity index (χ4v) is 10.8. The van der Waals surface area contributed by atoms with Gasteiger partial charge in [-0.2, -0.15) is 5.26 Å². The van der Waals surface area contributed by atoms with Crippen LogP contribution in [0.5, 0.6) is 0 Å². The highest BCUT2D eigenvalue weighted by Crippen LogP contribution is 2.58. The number of fused-ring (bicyclic) bond motifs is 11. The van der Waals surface area contributed by atoms with Gasteiger partial charge in [-0.1, -0.05) is 121 Å². The van der Waals surface area contributed by atoms with Crippen LogP contribution in [-0.4, -0.2) is 0 Å². The maximum Gasteiger partial charge on any atom is 0.0998 e. The molecule has 0 fully saturated rings. The topological polar surface area (TPSA) is 23.8 Å². The number of hydrogen-bond donors (Lipinski definition) is 0. The number of aryl methyl sites for hydroxylation is 2. The molecule has 0 aliphatic heterocycles. The van der Waals surface area contributed by atoms with Crippen molar-refractivity contribution in [2.24, 2.45) is 0 Å². The van der Waals surface area contributed by atoms with Gasteiger partial charge in [-0.15, -0.1) is 0 Å². The summed E-state index contributed by atoms with van der Waals surface area (Å²) in [7, 11) is 0. The molecule has 0 saturated heterocycles. The van der Waals surface area contributed by atoms with Gasteiger partial charge in [0.05, 0.1) is 11.6 Å². The van der Waals surface area contributed by atoms with E-state index in [2.05, 4.69) is 166 Å². The summed E-state index contributed by atoms with van der Waals surface area (Å²) in [6, 6.07) is 59.1. The Bertz CT molecular complexity index is 3580. The van der Waals surface area contributed by atoms with Gasteiger partial charge in [0.25, 0.3) is 0 Å². The Morgan fingerprint density at radius 1 is 0.321 bits per heavy atom. The lowest BCUT2D eigenvalue weighted by atomic mass is 9.83. The molecule has 0 unspecified atom stereocenters. The molecule has 1 aliphatic carbocycles. The van der Waals surface area contributed by atoms with E-state index in [4.69, 9.17) is 0 Å². The molecule has 0 radical (unpaired) electrons. The third-order valence-corrected chi connectivity index (χ3v) is 13.2. The summed E-state index contributed by atoms with van der Waals surface area (Å²) in [5, 5.41) is 30.3. The van der Waals surface area contributed by atoms with E-state index < -0.39 is 0 Å². The van der Waals surface area contributed by atoms with Crippen molar-refractivity contribution in [2.45, 2.75) is 13.8 Å². The van der Waals surface area contributed by atoms with Gasteiger partial charge in [0, 0.05) is 5.39 Å². The monoisotopic (exact) mass is 705 g/mol. The highest BCUT2D eigenvalue weighted by Gasteiger charge is 2.30. The maximum absolute atomic E-state index is 10.1. The molecule has 12 aromatic rings. The van der Waals surface area contributed by atoms with E-state index in [0.29, 0.717) is 0 Å². The summed E-state index contributed by atoms with van der Waals surface area (Å²) < 4.78 is 0. The largest absolute Gasteiger partial charge is 0.192 e. The molecule has 1 nitrogen and oxygen atoms in total. The van der Waals surface area contributed by atoms with Crippen LogP contribution in [0.4, 0.5) is 0 Å². The van der Waals surface area contributed by atoms with E-state index in [1.807, 2.05) is 6.07 Å². The van der Waals surface area contributed by atoms with Crippen molar-refractivity contribution in [1.29, 1.82) is 5.26 Å². The fourth-order valence-electron chi connectivity index (χ4n) is 10.8. The summed E-state index contributed by atoms with van der Waals surface area (Å²) >= 11 is 0. The Labute approximate surface area is 322 Å². The minimum absolute atomic E-state index is 0.721. The molecule has 0 amide bonds. The van der Waals surface area contributed by atoms with Crippen molar-refractivity contribution in [3.05, 3.63) is 168 Å². The Kier molecular flexibility index (Phi) is 5.63. The summed E-state index contributed by atoms with van der Waals surface area (Å²) in [5.41, 5.74) is 13.7. The third kappa shape index (κ3) is 3.60. The highest BCUT2D eigenvalue weighted by molar-refractivity contribution is 6.44.